The molecule has 0 radical (unpaired) electrons. The Morgan fingerprint density at radius 3 is 2.84 bits per heavy atom. The number of aromatic nitrogens is 6. The maximum Gasteiger partial charge on any atom is 0.309 e. The Balaban J connectivity index is 1.49. The van der Waals surface area contributed by atoms with Gasteiger partial charge >= 0.3 is 5.97 Å². The average Bonchev–Trinajstić information content (AvgIpc) is 3.37. The standard InChI is InChI=1S/C22H20FN7O2/c1-30-9-26-17-20(27-16-11-4-2-10(3-5-11)15(16)22(31)32)28-19(29-21(17)30)14-8-25-18-13(14)6-12(23)7-24-18/h2,4,6-11,15-16H,3,5H2,1H3,(H,24,25)(H,31,32)(H,27,28,29)/t10?,11?,15-,16-/m0/s1. The second-order valence-electron chi connectivity index (χ2n) is 8.50. The van der Waals surface area contributed by atoms with E-state index in [1.807, 2.05) is 13.1 Å². The molecular weight excluding hydrogens is 413 g/mol. The highest BCUT2D eigenvalue weighted by atomic mass is 19.1. The molecule has 3 aliphatic rings. The van der Waals surface area contributed by atoms with Gasteiger partial charge in [0.25, 0.3) is 0 Å². The first-order valence-electron chi connectivity index (χ1n) is 10.5. The highest BCUT2D eigenvalue weighted by molar-refractivity contribution is 5.94. The van der Waals surface area contributed by atoms with E-state index in [-0.39, 0.29) is 17.9 Å². The SMILES string of the molecule is Cn1cnc2c(N[C@H]3C4C=CC(CC4)[C@@H]3C(=O)O)nc(-c3c[nH]c4ncc(F)cc34)nc21. The molecule has 3 N–H and O–H groups in total. The first-order chi connectivity index (χ1) is 15.5. The summed E-state index contributed by atoms with van der Waals surface area (Å²) in [6.45, 7) is 0. The lowest BCUT2D eigenvalue weighted by Crippen LogP contribution is -2.49. The number of nitrogens with one attached hydrogen (secondary N) is 2. The summed E-state index contributed by atoms with van der Waals surface area (Å²) in [6, 6.07) is 1.09. The smallest absolute Gasteiger partial charge is 0.309 e. The second kappa shape index (κ2) is 6.84. The van der Waals surface area contributed by atoms with E-state index >= 15 is 0 Å². The minimum atomic E-state index is -0.814. The van der Waals surface area contributed by atoms with Crippen LogP contribution in [0.4, 0.5) is 10.2 Å². The summed E-state index contributed by atoms with van der Waals surface area (Å²) in [4.78, 5) is 33.0. The van der Waals surface area contributed by atoms with Crippen LogP contribution in [0.25, 0.3) is 33.6 Å². The van der Waals surface area contributed by atoms with E-state index in [1.165, 1.54) is 6.07 Å². The van der Waals surface area contributed by atoms with Crippen LogP contribution in [-0.4, -0.2) is 46.6 Å². The van der Waals surface area contributed by atoms with Gasteiger partial charge in [0.1, 0.15) is 17.0 Å². The summed E-state index contributed by atoms with van der Waals surface area (Å²) in [5.74, 6) is -0.851. The molecule has 2 bridgehead atoms. The van der Waals surface area contributed by atoms with Crippen LogP contribution in [0.2, 0.25) is 0 Å². The minimum absolute atomic E-state index is 0.00167. The van der Waals surface area contributed by atoms with Crippen LogP contribution in [0.1, 0.15) is 12.8 Å². The van der Waals surface area contributed by atoms with Crippen molar-refractivity contribution >= 4 is 34.0 Å². The van der Waals surface area contributed by atoms with E-state index in [9.17, 15) is 14.3 Å². The average molecular weight is 433 g/mol. The number of nitrogens with zero attached hydrogens (tertiary/aromatic N) is 5. The van der Waals surface area contributed by atoms with Crippen LogP contribution in [0, 0.1) is 23.6 Å². The van der Waals surface area contributed by atoms with Gasteiger partial charge < -0.3 is 20.0 Å². The zero-order valence-corrected chi connectivity index (χ0v) is 17.2. The van der Waals surface area contributed by atoms with Gasteiger partial charge in [0.05, 0.1) is 18.4 Å². The van der Waals surface area contributed by atoms with Crippen molar-refractivity contribution in [2.75, 3.05) is 5.32 Å². The molecule has 0 amide bonds. The van der Waals surface area contributed by atoms with Crippen molar-refractivity contribution in [2.45, 2.75) is 18.9 Å². The van der Waals surface area contributed by atoms with Gasteiger partial charge in [-0.05, 0) is 30.7 Å². The first kappa shape index (κ1) is 18.9. The number of hydrogen-bond donors (Lipinski definition) is 3. The predicted octanol–water partition coefficient (Wildman–Crippen LogP) is 3.12. The Morgan fingerprint density at radius 2 is 2.06 bits per heavy atom. The maximum atomic E-state index is 13.9. The van der Waals surface area contributed by atoms with Crippen molar-refractivity contribution in [1.29, 1.82) is 0 Å². The molecule has 0 aromatic carbocycles. The van der Waals surface area contributed by atoms with Crippen LogP contribution in [0.3, 0.4) is 0 Å². The molecule has 1 saturated carbocycles. The topological polar surface area (TPSA) is 122 Å². The maximum absolute atomic E-state index is 13.9. The number of fused-ring (bicyclic) bond motifs is 4. The molecule has 7 rings (SSSR count). The number of anilines is 1. The Labute approximate surface area is 181 Å². The summed E-state index contributed by atoms with van der Waals surface area (Å²) >= 11 is 0. The van der Waals surface area contributed by atoms with Crippen molar-refractivity contribution < 1.29 is 14.3 Å². The molecule has 0 saturated heterocycles. The van der Waals surface area contributed by atoms with E-state index in [4.69, 9.17) is 4.98 Å². The van der Waals surface area contributed by atoms with Crippen molar-refractivity contribution in [1.82, 2.24) is 29.5 Å². The zero-order chi connectivity index (χ0) is 22.0. The molecule has 3 aliphatic carbocycles. The van der Waals surface area contributed by atoms with Gasteiger partial charge in [-0.15, -0.1) is 0 Å². The van der Waals surface area contributed by atoms with Crippen molar-refractivity contribution in [3.63, 3.8) is 0 Å². The minimum Gasteiger partial charge on any atom is -0.481 e. The molecule has 4 aromatic rings. The quantitative estimate of drug-likeness (QED) is 0.423. The highest BCUT2D eigenvalue weighted by Gasteiger charge is 2.45. The number of imidazole rings is 1. The van der Waals surface area contributed by atoms with Crippen LogP contribution >= 0.6 is 0 Å². The van der Waals surface area contributed by atoms with Crippen molar-refractivity contribution in [3.05, 3.63) is 42.8 Å². The van der Waals surface area contributed by atoms with Gasteiger partial charge in [-0.3, -0.25) is 4.79 Å². The number of pyridine rings is 1. The summed E-state index contributed by atoms with van der Waals surface area (Å²) in [7, 11) is 1.83. The lowest BCUT2D eigenvalue weighted by Gasteiger charge is -2.43. The monoisotopic (exact) mass is 433 g/mol. The van der Waals surface area contributed by atoms with E-state index in [0.717, 1.165) is 19.0 Å². The normalized spacial score (nSPS) is 24.4. The number of halogens is 1. The fourth-order valence-electron chi connectivity index (χ4n) is 5.08. The molecule has 4 heterocycles. The number of aryl methyl sites for hydroxylation is 1. The molecule has 9 nitrogen and oxygen atoms in total. The lowest BCUT2D eigenvalue weighted by atomic mass is 9.66. The number of carbonyl (C=O) groups is 1. The second-order valence-corrected chi connectivity index (χ2v) is 8.50. The van der Waals surface area contributed by atoms with E-state index in [2.05, 4.69) is 31.3 Å². The lowest BCUT2D eigenvalue weighted by molar-refractivity contribution is -0.145. The Bertz CT molecular complexity index is 1410. The molecule has 4 atom stereocenters. The van der Waals surface area contributed by atoms with Gasteiger partial charge in [0.2, 0.25) is 0 Å². The van der Waals surface area contributed by atoms with E-state index in [1.54, 1.807) is 17.1 Å². The number of H-pyrrole nitrogens is 1. The third-order valence-electron chi connectivity index (χ3n) is 6.64. The largest absolute Gasteiger partial charge is 0.481 e. The predicted molar refractivity (Wildman–Crippen MR) is 115 cm³/mol. The fourth-order valence-corrected chi connectivity index (χ4v) is 5.08. The number of allylic oxidation sites excluding steroid dienone is 1. The summed E-state index contributed by atoms with van der Waals surface area (Å²) in [5, 5.41) is 13.9. The zero-order valence-electron chi connectivity index (χ0n) is 17.2. The Hall–Kier alpha value is -3.82. The number of rotatable bonds is 4. The summed E-state index contributed by atoms with van der Waals surface area (Å²) in [6.07, 6.45) is 10.4. The third kappa shape index (κ3) is 2.79. The first-order valence-corrected chi connectivity index (χ1v) is 10.5. The van der Waals surface area contributed by atoms with Gasteiger partial charge in [-0.25, -0.2) is 24.3 Å². The highest BCUT2D eigenvalue weighted by Crippen LogP contribution is 2.42. The van der Waals surface area contributed by atoms with Gasteiger partial charge in [-0.2, -0.15) is 0 Å². The van der Waals surface area contributed by atoms with E-state index < -0.39 is 17.7 Å². The van der Waals surface area contributed by atoms with Crippen molar-refractivity contribution in [2.24, 2.45) is 24.8 Å². The van der Waals surface area contributed by atoms with Gasteiger partial charge in [-0.1, -0.05) is 12.2 Å². The van der Waals surface area contributed by atoms with Crippen LogP contribution in [-0.2, 0) is 11.8 Å². The van der Waals surface area contributed by atoms with Crippen LogP contribution in [0.15, 0.2) is 36.9 Å². The summed E-state index contributed by atoms with van der Waals surface area (Å²) < 4.78 is 15.6. The third-order valence-corrected chi connectivity index (χ3v) is 6.64. The van der Waals surface area contributed by atoms with Gasteiger partial charge in [0, 0.05) is 30.2 Å². The molecule has 1 fully saturated rings. The molecular formula is C22H20FN7O2. The number of aliphatic carboxylic acids is 1. The number of carboxylic acid groups (broad SMARTS) is 1. The molecule has 0 aliphatic heterocycles. The Kier molecular flexibility index (Phi) is 4.04. The molecule has 2 unspecified atom stereocenters. The number of hydrogen-bond acceptors (Lipinski definition) is 6. The van der Waals surface area contributed by atoms with Crippen LogP contribution < -0.4 is 5.32 Å². The molecule has 4 aromatic heterocycles. The number of carboxylic acids is 1. The number of aromatic amines is 1. The van der Waals surface area contributed by atoms with Gasteiger partial charge in [0.15, 0.2) is 17.3 Å². The fraction of sp³-hybridized carbons (Fsp3) is 0.318. The molecule has 162 valence electrons. The van der Waals surface area contributed by atoms with Crippen LogP contribution in [0.5, 0.6) is 0 Å². The van der Waals surface area contributed by atoms with E-state index in [0.29, 0.717) is 39.4 Å². The Morgan fingerprint density at radius 1 is 1.25 bits per heavy atom. The molecule has 32 heavy (non-hydrogen) atoms. The van der Waals surface area contributed by atoms with Crippen molar-refractivity contribution in [3.8, 4) is 11.4 Å². The molecule has 0 spiro atoms. The summed E-state index contributed by atoms with van der Waals surface area (Å²) in [5.41, 5.74) is 2.30. The molecule has 10 heteroatoms.